The van der Waals surface area contributed by atoms with Crippen molar-refractivity contribution in [3.05, 3.63) is 29.3 Å². The number of nitrogens with one attached hydrogen (secondary N) is 1. The number of aromatic nitrogens is 3. The van der Waals surface area contributed by atoms with Gasteiger partial charge in [-0.3, -0.25) is 9.48 Å². The van der Waals surface area contributed by atoms with Crippen molar-refractivity contribution in [2.45, 2.75) is 52.0 Å². The number of rotatable bonds is 4. The van der Waals surface area contributed by atoms with Gasteiger partial charge in [-0.15, -0.1) is 0 Å². The van der Waals surface area contributed by atoms with E-state index in [1.165, 1.54) is 0 Å². The largest absolute Gasteiger partial charge is 0.361 e. The summed E-state index contributed by atoms with van der Waals surface area (Å²) in [5.41, 5.74) is 0.977. The fourth-order valence-electron chi connectivity index (χ4n) is 3.83. The number of carbonyl (C=O) groups excluding carboxylic acids is 1. The Morgan fingerprint density at radius 3 is 2.76 bits per heavy atom. The van der Waals surface area contributed by atoms with Gasteiger partial charge < -0.3 is 14.7 Å². The van der Waals surface area contributed by atoms with E-state index in [0.29, 0.717) is 5.76 Å². The number of aryl methyl sites for hydroxylation is 3. The lowest BCUT2D eigenvalue weighted by Gasteiger charge is -2.36. The lowest BCUT2D eigenvalue weighted by atomic mass is 9.82. The average molecular weight is 345 g/mol. The summed E-state index contributed by atoms with van der Waals surface area (Å²) in [5.74, 6) is 1.81. The van der Waals surface area contributed by atoms with Crippen LogP contribution in [-0.2, 0) is 17.3 Å². The molecule has 7 heteroatoms. The summed E-state index contributed by atoms with van der Waals surface area (Å²) >= 11 is 0. The molecule has 2 aromatic rings. The number of amides is 1. The lowest BCUT2D eigenvalue weighted by Crippen LogP contribution is -2.52. The highest BCUT2D eigenvalue weighted by molar-refractivity contribution is 5.88. The minimum atomic E-state index is -0.678. The van der Waals surface area contributed by atoms with Gasteiger partial charge in [0.05, 0.1) is 17.3 Å². The average Bonchev–Trinajstić information content (AvgIpc) is 3.13. The molecule has 1 fully saturated rings. The molecule has 0 aliphatic carbocycles. The SMILES string of the molecule is Cc1noc(C)c1C(C)(C)C(=O)NC1CCCN(c2ccnn2C)C1. The van der Waals surface area contributed by atoms with E-state index < -0.39 is 5.41 Å². The van der Waals surface area contributed by atoms with E-state index in [1.807, 2.05) is 45.5 Å². The molecule has 1 atom stereocenters. The standard InChI is InChI=1S/C18H27N5O2/c1-12-16(13(2)25-21-12)18(3,4)17(24)20-14-7-6-10-23(11-14)15-8-9-19-22(15)5/h8-9,14H,6-7,10-11H2,1-5H3,(H,20,24). The van der Waals surface area contributed by atoms with E-state index in [9.17, 15) is 4.79 Å². The second kappa shape index (κ2) is 6.54. The van der Waals surface area contributed by atoms with Gasteiger partial charge >= 0.3 is 0 Å². The van der Waals surface area contributed by atoms with Gasteiger partial charge in [-0.1, -0.05) is 5.16 Å². The Bertz CT molecular complexity index is 742. The van der Waals surface area contributed by atoms with Crippen LogP contribution in [-0.4, -0.2) is 40.0 Å². The zero-order valence-electron chi connectivity index (χ0n) is 15.7. The Kier molecular flexibility index (Phi) is 4.58. The van der Waals surface area contributed by atoms with Gasteiger partial charge in [0.2, 0.25) is 5.91 Å². The molecule has 7 nitrogen and oxygen atoms in total. The molecular formula is C18H27N5O2. The Labute approximate surface area is 148 Å². The molecule has 25 heavy (non-hydrogen) atoms. The van der Waals surface area contributed by atoms with Crippen molar-refractivity contribution in [3.63, 3.8) is 0 Å². The summed E-state index contributed by atoms with van der Waals surface area (Å²) < 4.78 is 7.13. The van der Waals surface area contributed by atoms with Crippen LogP contribution in [0.1, 0.15) is 43.7 Å². The highest BCUT2D eigenvalue weighted by atomic mass is 16.5. The Morgan fingerprint density at radius 2 is 2.16 bits per heavy atom. The lowest BCUT2D eigenvalue weighted by molar-refractivity contribution is -0.126. The monoisotopic (exact) mass is 345 g/mol. The number of piperidine rings is 1. The summed E-state index contributed by atoms with van der Waals surface area (Å²) in [7, 11) is 1.94. The van der Waals surface area contributed by atoms with E-state index in [2.05, 4.69) is 20.5 Å². The van der Waals surface area contributed by atoms with Crippen LogP contribution in [0.4, 0.5) is 5.82 Å². The quantitative estimate of drug-likeness (QED) is 0.918. The topological polar surface area (TPSA) is 76.2 Å². The highest BCUT2D eigenvalue weighted by Gasteiger charge is 2.37. The van der Waals surface area contributed by atoms with Crippen LogP contribution >= 0.6 is 0 Å². The van der Waals surface area contributed by atoms with Gasteiger partial charge in [-0.25, -0.2) is 0 Å². The molecule has 1 aliphatic rings. The zero-order chi connectivity index (χ0) is 18.2. The first-order chi connectivity index (χ1) is 11.8. The number of nitrogens with zero attached hydrogens (tertiary/aromatic N) is 4. The molecule has 0 saturated carbocycles. The first-order valence-electron chi connectivity index (χ1n) is 8.78. The molecule has 0 radical (unpaired) electrons. The van der Waals surface area contributed by atoms with Gasteiger partial charge in [0.1, 0.15) is 11.6 Å². The van der Waals surface area contributed by atoms with Gasteiger partial charge in [-0.05, 0) is 40.5 Å². The summed E-state index contributed by atoms with van der Waals surface area (Å²) in [6, 6.07) is 2.13. The van der Waals surface area contributed by atoms with E-state index in [-0.39, 0.29) is 11.9 Å². The number of hydrogen-bond acceptors (Lipinski definition) is 5. The molecule has 0 bridgehead atoms. The Morgan fingerprint density at radius 1 is 1.40 bits per heavy atom. The van der Waals surface area contributed by atoms with Crippen molar-refractivity contribution in [2.75, 3.05) is 18.0 Å². The normalized spacial score (nSPS) is 18.4. The predicted octanol–water partition coefficient (Wildman–Crippen LogP) is 2.09. The molecule has 1 aliphatic heterocycles. The van der Waals surface area contributed by atoms with E-state index in [0.717, 1.165) is 43.0 Å². The first kappa shape index (κ1) is 17.5. The minimum absolute atomic E-state index is 0.0127. The number of carbonyl (C=O) groups is 1. The van der Waals surface area contributed by atoms with E-state index in [4.69, 9.17) is 4.52 Å². The number of anilines is 1. The third-order valence-electron chi connectivity index (χ3n) is 5.10. The Hall–Kier alpha value is -2.31. The maximum atomic E-state index is 13.0. The van der Waals surface area contributed by atoms with Crippen molar-refractivity contribution in [3.8, 4) is 0 Å². The molecule has 0 spiro atoms. The van der Waals surface area contributed by atoms with Crippen LogP contribution < -0.4 is 10.2 Å². The van der Waals surface area contributed by atoms with Crippen molar-refractivity contribution in [1.29, 1.82) is 0 Å². The summed E-state index contributed by atoms with van der Waals surface area (Å²) in [4.78, 5) is 15.3. The molecule has 2 aromatic heterocycles. The maximum Gasteiger partial charge on any atom is 0.230 e. The molecule has 1 N–H and O–H groups in total. The molecule has 1 amide bonds. The van der Waals surface area contributed by atoms with Crippen LogP contribution in [0.2, 0.25) is 0 Å². The minimum Gasteiger partial charge on any atom is -0.361 e. The highest BCUT2D eigenvalue weighted by Crippen LogP contribution is 2.30. The Balaban J connectivity index is 1.71. The molecule has 136 valence electrons. The van der Waals surface area contributed by atoms with Crippen molar-refractivity contribution in [1.82, 2.24) is 20.3 Å². The molecule has 3 rings (SSSR count). The predicted molar refractivity (Wildman–Crippen MR) is 95.6 cm³/mol. The van der Waals surface area contributed by atoms with Crippen LogP contribution in [0.5, 0.6) is 0 Å². The van der Waals surface area contributed by atoms with Crippen molar-refractivity contribution < 1.29 is 9.32 Å². The van der Waals surface area contributed by atoms with Crippen LogP contribution in [0.15, 0.2) is 16.8 Å². The summed E-state index contributed by atoms with van der Waals surface area (Å²) in [6.07, 6.45) is 3.83. The second-order valence-corrected chi connectivity index (χ2v) is 7.40. The molecular weight excluding hydrogens is 318 g/mol. The first-order valence-corrected chi connectivity index (χ1v) is 8.78. The molecule has 1 saturated heterocycles. The van der Waals surface area contributed by atoms with Gasteiger partial charge in [-0.2, -0.15) is 5.10 Å². The van der Waals surface area contributed by atoms with Crippen LogP contribution in [0.3, 0.4) is 0 Å². The smallest absolute Gasteiger partial charge is 0.230 e. The van der Waals surface area contributed by atoms with Gasteiger partial charge in [0.15, 0.2) is 0 Å². The third-order valence-corrected chi connectivity index (χ3v) is 5.10. The second-order valence-electron chi connectivity index (χ2n) is 7.40. The number of hydrogen-bond donors (Lipinski definition) is 1. The van der Waals surface area contributed by atoms with Gasteiger partial charge in [0.25, 0.3) is 0 Å². The maximum absolute atomic E-state index is 13.0. The third kappa shape index (κ3) is 3.27. The van der Waals surface area contributed by atoms with Crippen LogP contribution in [0, 0.1) is 13.8 Å². The zero-order valence-corrected chi connectivity index (χ0v) is 15.7. The van der Waals surface area contributed by atoms with Crippen molar-refractivity contribution in [2.24, 2.45) is 7.05 Å². The molecule has 0 aromatic carbocycles. The van der Waals surface area contributed by atoms with Gasteiger partial charge in [0, 0.05) is 37.8 Å². The summed E-state index contributed by atoms with van der Waals surface area (Å²) in [6.45, 7) is 9.37. The van der Waals surface area contributed by atoms with E-state index >= 15 is 0 Å². The van der Waals surface area contributed by atoms with Crippen LogP contribution in [0.25, 0.3) is 0 Å². The van der Waals surface area contributed by atoms with E-state index in [1.54, 1.807) is 6.20 Å². The summed E-state index contributed by atoms with van der Waals surface area (Å²) in [5, 5.41) is 11.5. The fourth-order valence-corrected chi connectivity index (χ4v) is 3.83. The molecule has 1 unspecified atom stereocenters. The fraction of sp³-hybridized carbons (Fsp3) is 0.611. The van der Waals surface area contributed by atoms with Crippen molar-refractivity contribution >= 4 is 11.7 Å². The molecule has 3 heterocycles.